The molecule has 0 spiro atoms. The first-order chi connectivity index (χ1) is 38.0. The minimum Gasteiger partial charge on any atom is -0.311 e. The number of hydrogen-bond acceptors (Lipinski definition) is 4. The molecule has 13 rings (SSSR count). The molecule has 3 nitrogen and oxygen atoms in total. The van der Waals surface area contributed by atoms with E-state index in [2.05, 4.69) is 284 Å². The standard InChI is InChI=1S/C76H84BN3S/c1-70(2,3)47-25-29-50(30-26-47)78(51-31-27-48(28-32-51)71(4,5)6)53-34-36-60-63(44-53)80(62-23-20-22-55-54-21-18-19-24-67(54)81-69(55)62)66-42-49(72(7,8)9)41-65-68(66)77(60)61-45-58-59(76(16,17)40-39-75(58,14)15)46-64(61)79(65)52-33-35-56-57(43-52)74(12,13)38-37-73(56,10)11/h18-36,41-46H,37-40H2,1-17H3. The molecule has 9 aromatic rings. The minimum atomic E-state index is -0.163. The highest BCUT2D eigenvalue weighted by atomic mass is 32.1. The highest BCUT2D eigenvalue weighted by Gasteiger charge is 2.48. The van der Waals surface area contributed by atoms with Crippen LogP contribution in [0.2, 0.25) is 0 Å². The first-order valence-electron chi connectivity index (χ1n) is 30.2. The van der Waals surface area contributed by atoms with Crippen LogP contribution in [-0.2, 0) is 37.9 Å². The molecule has 0 atom stereocenters. The number of benzene rings is 8. The Morgan fingerprint density at radius 3 is 1.47 bits per heavy atom. The summed E-state index contributed by atoms with van der Waals surface area (Å²) < 4.78 is 2.62. The van der Waals surface area contributed by atoms with Crippen LogP contribution in [0.4, 0.5) is 51.2 Å². The van der Waals surface area contributed by atoms with Crippen LogP contribution >= 0.6 is 11.3 Å². The molecule has 5 heteroatoms. The zero-order chi connectivity index (χ0) is 57.3. The fraction of sp³-hybridized carbons (Fsp3) is 0.368. The van der Waals surface area contributed by atoms with Gasteiger partial charge in [0.2, 0.25) is 0 Å². The van der Waals surface area contributed by atoms with Crippen molar-refractivity contribution in [3.8, 4) is 0 Å². The fourth-order valence-corrected chi connectivity index (χ4v) is 15.6. The van der Waals surface area contributed by atoms with E-state index in [1.165, 1.54) is 122 Å². The van der Waals surface area contributed by atoms with Gasteiger partial charge in [-0.1, -0.05) is 190 Å². The summed E-state index contributed by atoms with van der Waals surface area (Å²) in [5.74, 6) is 0. The topological polar surface area (TPSA) is 9.72 Å². The van der Waals surface area contributed by atoms with E-state index in [1.54, 1.807) is 0 Å². The molecular weight excluding hydrogens is 998 g/mol. The van der Waals surface area contributed by atoms with Crippen molar-refractivity contribution >= 4 is 106 Å². The number of rotatable bonds is 5. The Balaban J connectivity index is 1.15. The number of anilines is 9. The molecule has 0 radical (unpaired) electrons. The van der Waals surface area contributed by atoms with Crippen LogP contribution in [0.25, 0.3) is 20.2 Å². The molecule has 2 aliphatic heterocycles. The van der Waals surface area contributed by atoms with Crippen molar-refractivity contribution in [3.63, 3.8) is 0 Å². The average Bonchev–Trinajstić information content (AvgIpc) is 3.74. The van der Waals surface area contributed by atoms with Crippen LogP contribution < -0.4 is 31.1 Å². The summed E-state index contributed by atoms with van der Waals surface area (Å²) >= 11 is 1.93. The Bertz CT molecular complexity index is 3960. The number of nitrogens with zero attached hydrogens (tertiary/aromatic N) is 3. The molecule has 0 saturated heterocycles. The van der Waals surface area contributed by atoms with Crippen LogP contribution in [0.3, 0.4) is 0 Å². The van der Waals surface area contributed by atoms with Crippen molar-refractivity contribution in [1.29, 1.82) is 0 Å². The first-order valence-corrected chi connectivity index (χ1v) is 31.0. The van der Waals surface area contributed by atoms with Crippen molar-refractivity contribution < 1.29 is 0 Å². The predicted molar refractivity (Wildman–Crippen MR) is 355 cm³/mol. The highest BCUT2D eigenvalue weighted by molar-refractivity contribution is 7.26. The molecule has 0 bridgehead atoms. The third-order valence-electron chi connectivity index (χ3n) is 19.9. The van der Waals surface area contributed by atoms with E-state index in [1.807, 2.05) is 11.3 Å². The van der Waals surface area contributed by atoms with Crippen molar-refractivity contribution in [1.82, 2.24) is 0 Å². The smallest absolute Gasteiger partial charge is 0.252 e. The molecule has 0 N–H and O–H groups in total. The van der Waals surface area contributed by atoms with Crippen molar-refractivity contribution in [3.05, 3.63) is 191 Å². The maximum absolute atomic E-state index is 2.73. The summed E-state index contributed by atoms with van der Waals surface area (Å²) in [7, 11) is 0. The normalized spacial score (nSPS) is 17.6. The maximum atomic E-state index is 2.73. The highest BCUT2D eigenvalue weighted by Crippen LogP contribution is 2.55. The average molecular weight is 1080 g/mol. The van der Waals surface area contributed by atoms with E-state index in [9.17, 15) is 0 Å². The van der Waals surface area contributed by atoms with Gasteiger partial charge in [0.25, 0.3) is 6.71 Å². The summed E-state index contributed by atoms with van der Waals surface area (Å²) in [6.45, 7) is 40.9. The Kier molecular flexibility index (Phi) is 11.9. The molecule has 0 amide bonds. The van der Waals surface area contributed by atoms with Gasteiger partial charge < -0.3 is 14.7 Å². The van der Waals surface area contributed by atoms with E-state index >= 15 is 0 Å². The van der Waals surface area contributed by atoms with Gasteiger partial charge in [0.05, 0.1) is 10.4 Å². The van der Waals surface area contributed by atoms with E-state index < -0.39 is 0 Å². The largest absolute Gasteiger partial charge is 0.311 e. The quantitative estimate of drug-likeness (QED) is 0.159. The van der Waals surface area contributed by atoms with Crippen LogP contribution in [0, 0.1) is 0 Å². The third kappa shape index (κ3) is 8.63. The summed E-state index contributed by atoms with van der Waals surface area (Å²) in [6.07, 6.45) is 4.67. The summed E-state index contributed by atoms with van der Waals surface area (Å²) in [4.78, 5) is 7.94. The van der Waals surface area contributed by atoms with Gasteiger partial charge in [-0.2, -0.15) is 0 Å². The molecular formula is C76H84BN3S. The molecule has 0 saturated carbocycles. The monoisotopic (exact) mass is 1080 g/mol. The number of fused-ring (bicyclic) bond motifs is 9. The summed E-state index contributed by atoms with van der Waals surface area (Å²) in [5, 5.41) is 2.61. The van der Waals surface area contributed by atoms with Crippen LogP contribution in [0.1, 0.15) is 182 Å². The third-order valence-corrected chi connectivity index (χ3v) is 21.1. The predicted octanol–water partition coefficient (Wildman–Crippen LogP) is 20.2. The second-order valence-electron chi connectivity index (χ2n) is 30.4. The van der Waals surface area contributed by atoms with E-state index in [4.69, 9.17) is 0 Å². The lowest BCUT2D eigenvalue weighted by molar-refractivity contribution is 0.332. The zero-order valence-electron chi connectivity index (χ0n) is 51.6. The molecule has 8 aromatic carbocycles. The number of thiophene rings is 1. The molecule has 81 heavy (non-hydrogen) atoms. The van der Waals surface area contributed by atoms with E-state index in [-0.39, 0.29) is 44.6 Å². The molecule has 2 aliphatic carbocycles. The number of hydrogen-bond donors (Lipinski definition) is 0. The molecule has 412 valence electrons. The van der Waals surface area contributed by atoms with Crippen LogP contribution in [-0.4, -0.2) is 6.71 Å². The molecule has 1 aromatic heterocycles. The van der Waals surface area contributed by atoms with Crippen molar-refractivity contribution in [2.75, 3.05) is 14.7 Å². The van der Waals surface area contributed by atoms with Crippen LogP contribution in [0.5, 0.6) is 0 Å². The van der Waals surface area contributed by atoms with Gasteiger partial charge in [0.15, 0.2) is 0 Å². The summed E-state index contributed by atoms with van der Waals surface area (Å²) in [6, 6.07) is 60.4. The van der Waals surface area contributed by atoms with Gasteiger partial charge in [-0.3, -0.25) is 0 Å². The zero-order valence-corrected chi connectivity index (χ0v) is 52.4. The minimum absolute atomic E-state index is 0.0150. The Morgan fingerprint density at radius 2 is 0.889 bits per heavy atom. The lowest BCUT2D eigenvalue weighted by Crippen LogP contribution is -2.62. The molecule has 0 unspecified atom stereocenters. The van der Waals surface area contributed by atoms with E-state index in [0.29, 0.717) is 0 Å². The SMILES string of the molecule is CC(C)(C)c1ccc(N(c2ccc(C(C)(C)C)cc2)c2ccc3c(c2)N(c2cccc4c2sc2ccccc24)c2cc(C(C)(C)C)cc4c2B3c2cc3c(cc2N4c2ccc4c(c2)C(C)(C)CCC4(C)C)C(C)(C)CCC3(C)C)cc1. The lowest BCUT2D eigenvalue weighted by atomic mass is 9.33. The van der Waals surface area contributed by atoms with Gasteiger partial charge in [0.1, 0.15) is 0 Å². The van der Waals surface area contributed by atoms with Gasteiger partial charge in [-0.25, -0.2) is 0 Å². The molecule has 0 fully saturated rings. The Morgan fingerprint density at radius 1 is 0.395 bits per heavy atom. The Labute approximate surface area is 489 Å². The van der Waals surface area contributed by atoms with Crippen molar-refractivity contribution in [2.45, 2.75) is 181 Å². The molecule has 3 heterocycles. The second kappa shape index (κ2) is 18.0. The lowest BCUT2D eigenvalue weighted by Gasteiger charge is -2.48. The van der Waals surface area contributed by atoms with Gasteiger partial charge in [-0.05, 0) is 198 Å². The van der Waals surface area contributed by atoms with Gasteiger partial charge in [-0.15, -0.1) is 11.3 Å². The van der Waals surface area contributed by atoms with Gasteiger partial charge in [0, 0.05) is 61.0 Å². The summed E-state index contributed by atoms with van der Waals surface area (Å²) in [5.41, 5.74) is 25.1. The first kappa shape index (κ1) is 53.7. The van der Waals surface area contributed by atoms with Crippen molar-refractivity contribution in [2.24, 2.45) is 0 Å². The Hall–Kier alpha value is -6.56. The van der Waals surface area contributed by atoms with Gasteiger partial charge >= 0.3 is 0 Å². The maximum Gasteiger partial charge on any atom is 0.252 e. The van der Waals surface area contributed by atoms with Crippen LogP contribution in [0.15, 0.2) is 152 Å². The fourth-order valence-electron chi connectivity index (χ4n) is 14.4. The van der Waals surface area contributed by atoms with E-state index in [0.717, 1.165) is 29.9 Å². The second-order valence-corrected chi connectivity index (χ2v) is 31.5. The molecule has 4 aliphatic rings.